The number of hydrogen-bond donors (Lipinski definition) is 0. The number of benzene rings is 1. The first-order chi connectivity index (χ1) is 17.3. The van der Waals surface area contributed by atoms with Crippen molar-refractivity contribution in [1.82, 2.24) is 4.90 Å². The standard InChI is InChI=1S/C33H53NO2/c1-6-7-8-9-10-11-12-13-14-15-16-17-32(35)36-29-19-18-28-24-31-27(4)33(5,30(28)25-29)21-23-34(31)22-20-26(2)3/h18-20,25,27,31H,6-17,21-24H2,1-5H3/t27-,31+,33+/m0/s1. The Kier molecular flexibility index (Phi) is 11.5. The van der Waals surface area contributed by atoms with Crippen molar-refractivity contribution in [3.8, 4) is 5.75 Å². The van der Waals surface area contributed by atoms with Crippen LogP contribution in [-0.4, -0.2) is 30.0 Å². The first-order valence-electron chi connectivity index (χ1n) is 15.1. The van der Waals surface area contributed by atoms with Crippen LogP contribution in [-0.2, 0) is 16.6 Å². The molecule has 2 aliphatic rings. The third kappa shape index (κ3) is 7.94. The van der Waals surface area contributed by atoms with Gasteiger partial charge in [-0.3, -0.25) is 9.69 Å². The van der Waals surface area contributed by atoms with E-state index in [0.29, 0.717) is 18.4 Å². The number of ether oxygens (including phenoxy) is 1. The second kappa shape index (κ2) is 14.4. The second-order valence-corrected chi connectivity index (χ2v) is 12.1. The van der Waals surface area contributed by atoms with E-state index in [1.54, 1.807) is 0 Å². The highest BCUT2D eigenvalue weighted by Gasteiger charge is 2.48. The predicted octanol–water partition coefficient (Wildman–Crippen LogP) is 8.78. The zero-order valence-corrected chi connectivity index (χ0v) is 24.0. The minimum absolute atomic E-state index is 0.0747. The number of nitrogens with zero attached hydrogens (tertiary/aromatic N) is 1. The van der Waals surface area contributed by atoms with Crippen molar-refractivity contribution in [2.75, 3.05) is 13.1 Å². The summed E-state index contributed by atoms with van der Waals surface area (Å²) in [5.74, 6) is 1.25. The van der Waals surface area contributed by atoms with Crippen LogP contribution in [0.25, 0.3) is 0 Å². The number of carbonyl (C=O) groups excluding carboxylic acids is 1. The number of hydrogen-bond acceptors (Lipinski definition) is 3. The van der Waals surface area contributed by atoms with Crippen molar-refractivity contribution >= 4 is 5.97 Å². The normalized spacial score (nSPS) is 23.2. The first kappa shape index (κ1) is 29.0. The Morgan fingerprint density at radius 2 is 1.67 bits per heavy atom. The zero-order chi connectivity index (χ0) is 26.0. The van der Waals surface area contributed by atoms with Gasteiger partial charge in [0, 0.05) is 19.0 Å². The van der Waals surface area contributed by atoms with Crippen LogP contribution >= 0.6 is 0 Å². The van der Waals surface area contributed by atoms with E-state index in [2.05, 4.69) is 57.7 Å². The molecule has 1 aliphatic heterocycles. The largest absolute Gasteiger partial charge is 0.427 e. The van der Waals surface area contributed by atoms with E-state index in [1.165, 1.54) is 74.5 Å². The number of allylic oxidation sites excluding steroid dienone is 1. The highest BCUT2D eigenvalue weighted by Crippen LogP contribution is 2.49. The molecule has 0 N–H and O–H groups in total. The van der Waals surface area contributed by atoms with Crippen LogP contribution in [0.4, 0.5) is 0 Å². The lowest BCUT2D eigenvalue weighted by Gasteiger charge is -2.54. The molecule has 3 atom stereocenters. The third-order valence-electron chi connectivity index (χ3n) is 9.05. The van der Waals surface area contributed by atoms with Crippen molar-refractivity contribution in [3.05, 3.63) is 41.0 Å². The Morgan fingerprint density at radius 3 is 2.31 bits per heavy atom. The highest BCUT2D eigenvalue weighted by atomic mass is 16.5. The Labute approximate surface area is 222 Å². The Morgan fingerprint density at radius 1 is 1.03 bits per heavy atom. The molecule has 1 fully saturated rings. The van der Waals surface area contributed by atoms with Gasteiger partial charge in [0.1, 0.15) is 5.75 Å². The molecule has 3 heteroatoms. The van der Waals surface area contributed by atoms with Crippen molar-refractivity contribution in [2.24, 2.45) is 5.92 Å². The Hall–Kier alpha value is -1.61. The molecule has 0 amide bonds. The molecule has 3 nitrogen and oxygen atoms in total. The van der Waals surface area contributed by atoms with Crippen molar-refractivity contribution in [1.29, 1.82) is 0 Å². The van der Waals surface area contributed by atoms with Gasteiger partial charge in [-0.05, 0) is 74.2 Å². The van der Waals surface area contributed by atoms with Gasteiger partial charge in [0.2, 0.25) is 0 Å². The summed E-state index contributed by atoms with van der Waals surface area (Å²) in [6.07, 6.45) is 19.4. The molecule has 202 valence electrons. The quantitative estimate of drug-likeness (QED) is 0.105. The molecule has 1 aromatic rings. The molecule has 0 radical (unpaired) electrons. The van der Waals surface area contributed by atoms with Crippen LogP contribution in [0.3, 0.4) is 0 Å². The number of piperidine rings is 1. The van der Waals surface area contributed by atoms with Crippen molar-refractivity contribution in [2.45, 2.75) is 136 Å². The van der Waals surface area contributed by atoms with Crippen LogP contribution < -0.4 is 4.74 Å². The summed E-state index contributed by atoms with van der Waals surface area (Å²) in [7, 11) is 0. The maximum absolute atomic E-state index is 12.5. The lowest BCUT2D eigenvalue weighted by atomic mass is 9.59. The van der Waals surface area contributed by atoms with Crippen LogP contribution in [0.1, 0.15) is 129 Å². The van der Waals surface area contributed by atoms with E-state index in [4.69, 9.17) is 4.74 Å². The van der Waals surface area contributed by atoms with Gasteiger partial charge in [0.25, 0.3) is 0 Å². The molecule has 1 aromatic carbocycles. The van der Waals surface area contributed by atoms with Gasteiger partial charge in [-0.2, -0.15) is 0 Å². The molecule has 1 heterocycles. The van der Waals surface area contributed by atoms with E-state index in [0.717, 1.165) is 44.5 Å². The van der Waals surface area contributed by atoms with Gasteiger partial charge in [-0.25, -0.2) is 0 Å². The average molecular weight is 496 g/mol. The topological polar surface area (TPSA) is 29.5 Å². The molecule has 0 aromatic heterocycles. The minimum Gasteiger partial charge on any atom is -0.427 e. The fourth-order valence-electron chi connectivity index (χ4n) is 6.39. The SMILES string of the molecule is CCCCCCCCCCCCCC(=O)Oc1ccc2c(c1)[C@]1(C)CCN(CC=C(C)C)[C@H](C2)[C@@H]1C. The maximum Gasteiger partial charge on any atom is 0.311 e. The number of unbranched alkanes of at least 4 members (excludes halogenated alkanes) is 10. The van der Waals surface area contributed by atoms with E-state index in [9.17, 15) is 4.79 Å². The zero-order valence-electron chi connectivity index (χ0n) is 24.0. The van der Waals surface area contributed by atoms with Crippen molar-refractivity contribution in [3.63, 3.8) is 0 Å². The van der Waals surface area contributed by atoms with Gasteiger partial charge >= 0.3 is 5.97 Å². The van der Waals surface area contributed by atoms with Crippen LogP contribution in [0, 0.1) is 5.92 Å². The van der Waals surface area contributed by atoms with E-state index >= 15 is 0 Å². The molecular weight excluding hydrogens is 442 g/mol. The number of likely N-dealkylation sites (tertiary alicyclic amines) is 1. The summed E-state index contributed by atoms with van der Waals surface area (Å²) < 4.78 is 5.82. The number of rotatable bonds is 15. The highest BCUT2D eigenvalue weighted by molar-refractivity contribution is 5.72. The second-order valence-electron chi connectivity index (χ2n) is 12.1. The molecule has 3 rings (SSSR count). The molecule has 36 heavy (non-hydrogen) atoms. The Balaban J connectivity index is 1.43. The maximum atomic E-state index is 12.5. The number of fused-ring (bicyclic) bond motifs is 4. The summed E-state index contributed by atoms with van der Waals surface area (Å²) >= 11 is 0. The summed E-state index contributed by atoms with van der Waals surface area (Å²) in [6, 6.07) is 7.02. The molecule has 0 saturated carbocycles. The lowest BCUT2D eigenvalue weighted by Crippen LogP contribution is -2.57. The number of carbonyl (C=O) groups is 1. The van der Waals surface area contributed by atoms with E-state index in [1.807, 2.05) is 6.07 Å². The van der Waals surface area contributed by atoms with E-state index < -0.39 is 0 Å². The summed E-state index contributed by atoms with van der Waals surface area (Å²) in [5.41, 5.74) is 4.39. The molecule has 0 unspecified atom stereocenters. The lowest BCUT2D eigenvalue weighted by molar-refractivity contribution is -0.134. The molecule has 0 spiro atoms. The summed E-state index contributed by atoms with van der Waals surface area (Å²) in [4.78, 5) is 15.2. The van der Waals surface area contributed by atoms with Gasteiger partial charge in [0.15, 0.2) is 0 Å². The van der Waals surface area contributed by atoms with Crippen LogP contribution in [0.15, 0.2) is 29.8 Å². The van der Waals surface area contributed by atoms with Gasteiger partial charge in [0.05, 0.1) is 0 Å². The Bertz CT molecular complexity index is 855. The van der Waals surface area contributed by atoms with Crippen molar-refractivity contribution < 1.29 is 9.53 Å². The smallest absolute Gasteiger partial charge is 0.311 e. The molecule has 2 bridgehead atoms. The molecular formula is C33H53NO2. The van der Waals surface area contributed by atoms with Crippen LogP contribution in [0.5, 0.6) is 5.75 Å². The fourth-order valence-corrected chi connectivity index (χ4v) is 6.39. The first-order valence-corrected chi connectivity index (χ1v) is 15.1. The van der Waals surface area contributed by atoms with E-state index in [-0.39, 0.29) is 11.4 Å². The minimum atomic E-state index is -0.0747. The third-order valence-corrected chi connectivity index (χ3v) is 9.05. The molecule has 1 aliphatic carbocycles. The van der Waals surface area contributed by atoms with Gasteiger partial charge < -0.3 is 4.74 Å². The van der Waals surface area contributed by atoms with Gasteiger partial charge in [-0.1, -0.05) is 103 Å². The monoisotopic (exact) mass is 495 g/mol. The summed E-state index contributed by atoms with van der Waals surface area (Å²) in [5, 5.41) is 0. The van der Waals surface area contributed by atoms with Crippen LogP contribution in [0.2, 0.25) is 0 Å². The molecule has 1 saturated heterocycles. The fraction of sp³-hybridized carbons (Fsp3) is 0.727. The number of esters is 1. The summed E-state index contributed by atoms with van der Waals surface area (Å²) in [6.45, 7) is 13.7. The average Bonchev–Trinajstić information content (AvgIpc) is 2.84. The predicted molar refractivity (Wildman–Crippen MR) is 153 cm³/mol. The van der Waals surface area contributed by atoms with Gasteiger partial charge in [-0.15, -0.1) is 0 Å².